The van der Waals surface area contributed by atoms with Gasteiger partial charge in [-0.25, -0.2) is 4.39 Å². The van der Waals surface area contributed by atoms with Gasteiger partial charge in [0.2, 0.25) is 0 Å². The summed E-state index contributed by atoms with van der Waals surface area (Å²) in [6.45, 7) is 1.72. The number of benzene rings is 1. The number of aromatic nitrogens is 1. The van der Waals surface area contributed by atoms with Crippen molar-refractivity contribution in [1.29, 1.82) is 0 Å². The first kappa shape index (κ1) is 9.33. The topological polar surface area (TPSA) is 22.0 Å². The minimum Gasteiger partial charge on any atom is -0.284 e. The number of nitrogens with zero attached hydrogens (tertiary/aromatic N) is 1. The second-order valence-electron chi connectivity index (χ2n) is 3.44. The molecule has 2 aromatic rings. The summed E-state index contributed by atoms with van der Waals surface area (Å²) in [6, 6.07) is 8.84. The van der Waals surface area contributed by atoms with Crippen molar-refractivity contribution >= 4 is 0 Å². The first-order valence-corrected chi connectivity index (χ1v) is 4.99. The summed E-state index contributed by atoms with van der Waals surface area (Å²) in [5.74, 6) is -0.390. The molecule has 0 spiro atoms. The lowest BCUT2D eigenvalue weighted by atomic mass is 10.2. The lowest BCUT2D eigenvalue weighted by Crippen LogP contribution is -2.17. The number of aryl methyl sites for hydroxylation is 1. The van der Waals surface area contributed by atoms with Crippen LogP contribution in [0.1, 0.15) is 13.9 Å². The zero-order valence-corrected chi connectivity index (χ0v) is 8.85. The highest BCUT2D eigenvalue weighted by Gasteiger charge is 2.01. The van der Waals surface area contributed by atoms with Gasteiger partial charge in [-0.1, -0.05) is 19.1 Å². The van der Waals surface area contributed by atoms with Crippen molar-refractivity contribution in [2.45, 2.75) is 13.3 Å². The molecule has 0 bridgehead atoms. The van der Waals surface area contributed by atoms with E-state index in [0.29, 0.717) is 11.3 Å². The summed E-state index contributed by atoms with van der Waals surface area (Å²) in [4.78, 5) is 11.7. The van der Waals surface area contributed by atoms with Crippen LogP contribution in [0.15, 0.2) is 47.4 Å². The average Bonchev–Trinajstić information content (AvgIpc) is 2.29. The van der Waals surface area contributed by atoms with E-state index in [1.165, 1.54) is 22.8 Å². The lowest BCUT2D eigenvalue weighted by Gasteiger charge is -2.07. The van der Waals surface area contributed by atoms with E-state index in [1.54, 1.807) is 31.3 Å². The summed E-state index contributed by atoms with van der Waals surface area (Å²) in [5.41, 5.74) is 0.950. The minimum absolute atomic E-state index is 0.236. The van der Waals surface area contributed by atoms with E-state index < -0.39 is 12.2 Å². The van der Waals surface area contributed by atoms with Crippen molar-refractivity contribution in [1.82, 2.24) is 4.57 Å². The van der Waals surface area contributed by atoms with E-state index >= 15 is 0 Å². The van der Waals surface area contributed by atoms with E-state index in [4.69, 9.17) is 1.37 Å². The quantitative estimate of drug-likeness (QED) is 0.759. The molecule has 0 radical (unpaired) electrons. The fourth-order valence-electron chi connectivity index (χ4n) is 1.50. The molecule has 1 heterocycles. The number of hydrogen-bond donors (Lipinski definition) is 0. The van der Waals surface area contributed by atoms with Crippen LogP contribution in [0.25, 0.3) is 5.69 Å². The molecular weight excluding hydrogens is 205 g/mol. The number of hydrogen-bond acceptors (Lipinski definition) is 1. The summed E-state index contributed by atoms with van der Waals surface area (Å²) >= 11 is 0. The third-order valence-corrected chi connectivity index (χ3v) is 2.35. The molecule has 1 aromatic heterocycles. The maximum absolute atomic E-state index is 13.1. The summed E-state index contributed by atoms with van der Waals surface area (Å²) in [7, 11) is 0. The van der Waals surface area contributed by atoms with E-state index in [-0.39, 0.29) is 5.56 Å². The summed E-state index contributed by atoms with van der Waals surface area (Å²) in [6.07, 6.45) is 1.16. The van der Waals surface area contributed by atoms with Crippen LogP contribution < -0.4 is 5.56 Å². The predicted molar refractivity (Wildman–Crippen MR) is 61.4 cm³/mol. The van der Waals surface area contributed by atoms with Crippen LogP contribution in [-0.4, -0.2) is 4.57 Å². The molecule has 0 amide bonds. The highest BCUT2D eigenvalue weighted by molar-refractivity contribution is 5.33. The Morgan fingerprint density at radius 1 is 1.38 bits per heavy atom. The third kappa shape index (κ3) is 2.03. The highest BCUT2D eigenvalue weighted by Crippen LogP contribution is 2.08. The largest absolute Gasteiger partial charge is 0.284 e. The minimum atomic E-state index is -0.421. The molecule has 0 aliphatic rings. The molecule has 2 rings (SSSR count). The van der Waals surface area contributed by atoms with Crippen molar-refractivity contribution in [2.75, 3.05) is 0 Å². The smallest absolute Gasteiger partial charge is 0.255 e. The standard InChI is InChI=1S/C13H12FNO/c1-2-10-6-7-13(16)15(9-10)12-5-3-4-11(14)8-12/h3-9H,2H2,1H3/i2D. The molecule has 1 aromatic carbocycles. The molecule has 3 heteroatoms. The Balaban J connectivity index is 2.58. The van der Waals surface area contributed by atoms with E-state index in [9.17, 15) is 9.18 Å². The van der Waals surface area contributed by atoms with Crippen LogP contribution >= 0.6 is 0 Å². The molecule has 82 valence electrons. The van der Waals surface area contributed by atoms with Gasteiger partial charge < -0.3 is 0 Å². The Bertz CT molecular complexity index is 592. The first-order chi connectivity index (χ1) is 8.08. The van der Waals surface area contributed by atoms with Crippen molar-refractivity contribution in [3.05, 3.63) is 64.3 Å². The van der Waals surface area contributed by atoms with Gasteiger partial charge in [-0.3, -0.25) is 9.36 Å². The highest BCUT2D eigenvalue weighted by atomic mass is 19.1. The normalized spacial score (nSPS) is 13.2. The molecule has 0 aliphatic heterocycles. The van der Waals surface area contributed by atoms with Gasteiger partial charge in [0.05, 0.1) is 5.69 Å². The molecule has 16 heavy (non-hydrogen) atoms. The van der Waals surface area contributed by atoms with Gasteiger partial charge in [0, 0.05) is 13.6 Å². The van der Waals surface area contributed by atoms with Crippen LogP contribution in [0.4, 0.5) is 4.39 Å². The molecule has 0 saturated carbocycles. The van der Waals surface area contributed by atoms with Crippen LogP contribution in [0.5, 0.6) is 0 Å². The molecular formula is C13H12FNO. The SMILES string of the molecule is [2H]C(C)c1ccc(=O)n(-c2cccc(F)c2)c1. The predicted octanol–water partition coefficient (Wildman–Crippen LogP) is 2.54. The maximum Gasteiger partial charge on any atom is 0.255 e. The Hall–Kier alpha value is -1.90. The van der Waals surface area contributed by atoms with E-state index in [1.807, 2.05) is 0 Å². The summed E-state index contributed by atoms with van der Waals surface area (Å²) < 4.78 is 22.0. The monoisotopic (exact) mass is 218 g/mol. The fourth-order valence-corrected chi connectivity index (χ4v) is 1.50. The van der Waals surface area contributed by atoms with Gasteiger partial charge >= 0.3 is 0 Å². The Morgan fingerprint density at radius 2 is 2.19 bits per heavy atom. The van der Waals surface area contributed by atoms with E-state index in [0.717, 1.165) is 0 Å². The van der Waals surface area contributed by atoms with Crippen molar-refractivity contribution < 1.29 is 5.76 Å². The van der Waals surface area contributed by atoms with Crippen LogP contribution in [0, 0.1) is 5.82 Å². The lowest BCUT2D eigenvalue weighted by molar-refractivity contribution is 0.626. The third-order valence-electron chi connectivity index (χ3n) is 2.35. The van der Waals surface area contributed by atoms with Gasteiger partial charge in [0.25, 0.3) is 5.56 Å². The van der Waals surface area contributed by atoms with Crippen molar-refractivity contribution in [3.8, 4) is 5.69 Å². The fraction of sp³-hybridized carbons (Fsp3) is 0.154. The molecule has 0 fully saturated rings. The van der Waals surface area contributed by atoms with Crippen LogP contribution in [0.2, 0.25) is 0 Å². The van der Waals surface area contributed by atoms with E-state index in [2.05, 4.69) is 0 Å². The molecule has 1 unspecified atom stereocenters. The van der Waals surface area contributed by atoms with Crippen molar-refractivity contribution in [2.24, 2.45) is 0 Å². The molecule has 0 N–H and O–H groups in total. The van der Waals surface area contributed by atoms with Crippen LogP contribution in [0.3, 0.4) is 0 Å². The second-order valence-corrected chi connectivity index (χ2v) is 3.44. The number of rotatable bonds is 2. The maximum atomic E-state index is 13.1. The average molecular weight is 218 g/mol. The Morgan fingerprint density at radius 3 is 2.88 bits per heavy atom. The zero-order valence-electron chi connectivity index (χ0n) is 9.85. The van der Waals surface area contributed by atoms with Gasteiger partial charge in [-0.05, 0) is 30.2 Å². The van der Waals surface area contributed by atoms with Gasteiger partial charge in [-0.2, -0.15) is 0 Å². The number of halogens is 1. The molecule has 2 nitrogen and oxygen atoms in total. The molecule has 1 atom stereocenters. The van der Waals surface area contributed by atoms with Crippen molar-refractivity contribution in [3.63, 3.8) is 0 Å². The van der Waals surface area contributed by atoms with Gasteiger partial charge in [0.15, 0.2) is 0 Å². The van der Waals surface area contributed by atoms with Gasteiger partial charge in [-0.15, -0.1) is 0 Å². The molecule has 0 aliphatic carbocycles. The summed E-state index contributed by atoms with van der Waals surface area (Å²) in [5, 5.41) is 0. The zero-order chi connectivity index (χ0) is 12.4. The first-order valence-electron chi connectivity index (χ1n) is 5.56. The Labute approximate surface area is 94.4 Å². The number of pyridine rings is 1. The van der Waals surface area contributed by atoms with Gasteiger partial charge in [0.1, 0.15) is 5.82 Å². The second kappa shape index (κ2) is 4.31. The van der Waals surface area contributed by atoms with Crippen LogP contribution in [-0.2, 0) is 6.40 Å². The Kier molecular flexibility index (Phi) is 2.51. The molecule has 0 saturated heterocycles.